The van der Waals surface area contributed by atoms with Crippen molar-refractivity contribution in [2.45, 2.75) is 12.7 Å². The summed E-state index contributed by atoms with van der Waals surface area (Å²) in [5.74, 6) is 0.282. The van der Waals surface area contributed by atoms with Crippen LogP contribution in [0, 0.1) is 0 Å². The fraction of sp³-hybridized carbons (Fsp3) is 0.133. The number of halogens is 5. The van der Waals surface area contributed by atoms with Crippen molar-refractivity contribution in [3.63, 3.8) is 0 Å². The molecule has 25 heavy (non-hydrogen) atoms. The molecule has 130 valence electrons. The summed E-state index contributed by atoms with van der Waals surface area (Å²) in [5.41, 5.74) is 0.417. The van der Waals surface area contributed by atoms with E-state index in [1.54, 1.807) is 18.2 Å². The summed E-state index contributed by atoms with van der Waals surface area (Å²) in [6.07, 6.45) is -4.36. The summed E-state index contributed by atoms with van der Waals surface area (Å²) in [5, 5.41) is 14.9. The Morgan fingerprint density at radius 1 is 1.04 bits per heavy atom. The maximum Gasteiger partial charge on any atom is 0.416 e. The molecule has 1 N–H and O–H groups in total. The maximum atomic E-state index is 12.6. The minimum absolute atomic E-state index is 0.233. The van der Waals surface area contributed by atoms with E-state index in [0.29, 0.717) is 16.3 Å². The first kappa shape index (κ1) is 17.5. The molecule has 1 heterocycles. The van der Waals surface area contributed by atoms with Crippen molar-refractivity contribution >= 4 is 29.2 Å². The number of nitrogens with zero attached hydrogens (tertiary/aromatic N) is 4. The van der Waals surface area contributed by atoms with Crippen LogP contribution in [-0.2, 0) is 12.7 Å². The minimum Gasteiger partial charge on any atom is -0.349 e. The van der Waals surface area contributed by atoms with Crippen LogP contribution in [0.4, 0.5) is 19.1 Å². The number of anilines is 1. The number of rotatable bonds is 4. The van der Waals surface area contributed by atoms with E-state index >= 15 is 0 Å². The molecular formula is C15H10Cl2F3N5. The van der Waals surface area contributed by atoms with Crippen molar-refractivity contribution in [2.24, 2.45) is 0 Å². The number of nitrogens with one attached hydrogen (secondary N) is 1. The number of hydrogen-bond acceptors (Lipinski definition) is 4. The van der Waals surface area contributed by atoms with Crippen LogP contribution in [0.25, 0.3) is 5.69 Å². The van der Waals surface area contributed by atoms with Gasteiger partial charge in [-0.2, -0.15) is 17.9 Å². The van der Waals surface area contributed by atoms with Crippen molar-refractivity contribution in [3.05, 3.63) is 63.6 Å². The van der Waals surface area contributed by atoms with Crippen molar-refractivity contribution in [1.82, 2.24) is 20.2 Å². The third kappa shape index (κ3) is 3.85. The molecule has 2 aromatic carbocycles. The monoisotopic (exact) mass is 387 g/mol. The molecule has 0 aliphatic rings. The van der Waals surface area contributed by atoms with Gasteiger partial charge >= 0.3 is 6.18 Å². The summed E-state index contributed by atoms with van der Waals surface area (Å²) >= 11 is 12.1. The van der Waals surface area contributed by atoms with E-state index in [-0.39, 0.29) is 17.5 Å². The van der Waals surface area contributed by atoms with Gasteiger partial charge in [-0.15, -0.1) is 0 Å². The van der Waals surface area contributed by atoms with E-state index in [9.17, 15) is 13.2 Å². The topological polar surface area (TPSA) is 55.6 Å². The van der Waals surface area contributed by atoms with E-state index in [1.807, 2.05) is 0 Å². The molecule has 0 saturated carbocycles. The molecule has 0 saturated heterocycles. The van der Waals surface area contributed by atoms with Crippen molar-refractivity contribution in [2.75, 3.05) is 5.32 Å². The molecule has 0 aliphatic heterocycles. The first-order chi connectivity index (χ1) is 11.9. The summed E-state index contributed by atoms with van der Waals surface area (Å²) in [7, 11) is 0. The zero-order chi connectivity index (χ0) is 18.0. The Hall–Kier alpha value is -2.32. The van der Waals surface area contributed by atoms with Gasteiger partial charge in [-0.05, 0) is 40.3 Å². The fourth-order valence-corrected chi connectivity index (χ4v) is 2.48. The zero-order valence-corrected chi connectivity index (χ0v) is 13.9. The lowest BCUT2D eigenvalue weighted by atomic mass is 10.1. The molecule has 0 amide bonds. The molecule has 10 heteroatoms. The van der Waals surface area contributed by atoms with Gasteiger partial charge in [0, 0.05) is 6.54 Å². The average molecular weight is 388 g/mol. The Bertz CT molecular complexity index is 878. The van der Waals surface area contributed by atoms with Crippen LogP contribution >= 0.6 is 23.2 Å². The van der Waals surface area contributed by atoms with Crippen LogP contribution in [0.2, 0.25) is 10.0 Å². The fourth-order valence-electron chi connectivity index (χ4n) is 2.11. The lowest BCUT2D eigenvalue weighted by Gasteiger charge is -2.10. The first-order valence-corrected chi connectivity index (χ1v) is 7.74. The molecule has 0 radical (unpaired) electrons. The number of aromatic nitrogens is 4. The van der Waals surface area contributed by atoms with E-state index in [1.165, 1.54) is 16.8 Å². The summed E-state index contributed by atoms with van der Waals surface area (Å²) in [6.45, 7) is 0.233. The number of tetrazole rings is 1. The number of hydrogen-bond donors (Lipinski definition) is 1. The zero-order valence-electron chi connectivity index (χ0n) is 12.4. The van der Waals surface area contributed by atoms with Crippen LogP contribution in [0.1, 0.15) is 11.1 Å². The van der Waals surface area contributed by atoms with Gasteiger partial charge in [-0.1, -0.05) is 46.5 Å². The Morgan fingerprint density at radius 3 is 2.44 bits per heavy atom. The van der Waals surface area contributed by atoms with Crippen molar-refractivity contribution in [3.8, 4) is 5.69 Å². The molecule has 0 atom stereocenters. The van der Waals surface area contributed by atoms with E-state index < -0.39 is 11.7 Å². The Labute approximate surface area is 150 Å². The van der Waals surface area contributed by atoms with Gasteiger partial charge in [0.15, 0.2) is 0 Å². The lowest BCUT2D eigenvalue weighted by molar-refractivity contribution is -0.137. The standard InChI is InChI=1S/C15H10Cl2F3N5/c16-11-2-1-3-12(13(11)17)25-14(22-23-24-25)21-8-9-4-6-10(7-5-9)15(18,19)20/h1-7H,8H2,(H,21,22,24). The Morgan fingerprint density at radius 2 is 1.76 bits per heavy atom. The molecule has 3 rings (SSSR count). The highest BCUT2D eigenvalue weighted by Crippen LogP contribution is 2.30. The molecular weight excluding hydrogens is 378 g/mol. The van der Waals surface area contributed by atoms with Crippen LogP contribution in [0.3, 0.4) is 0 Å². The van der Waals surface area contributed by atoms with Crippen molar-refractivity contribution < 1.29 is 13.2 Å². The second kappa shape index (κ2) is 6.89. The van der Waals surface area contributed by atoms with Gasteiger partial charge < -0.3 is 5.32 Å². The molecule has 0 bridgehead atoms. The Kier molecular flexibility index (Phi) is 4.82. The average Bonchev–Trinajstić information content (AvgIpc) is 3.03. The van der Waals surface area contributed by atoms with Gasteiger partial charge in [0.05, 0.1) is 21.3 Å². The predicted octanol–water partition coefficient (Wildman–Crippen LogP) is 4.60. The molecule has 5 nitrogen and oxygen atoms in total. The first-order valence-electron chi connectivity index (χ1n) is 6.99. The van der Waals surface area contributed by atoms with Crippen LogP contribution in [-0.4, -0.2) is 20.2 Å². The third-order valence-corrected chi connectivity index (χ3v) is 4.17. The second-order valence-corrected chi connectivity index (χ2v) is 5.82. The molecule has 3 aromatic rings. The summed E-state index contributed by atoms with van der Waals surface area (Å²) in [6, 6.07) is 9.83. The number of benzene rings is 2. The van der Waals surface area contributed by atoms with E-state index in [2.05, 4.69) is 20.8 Å². The normalized spacial score (nSPS) is 11.6. The number of alkyl halides is 3. The van der Waals surface area contributed by atoms with E-state index in [0.717, 1.165) is 12.1 Å². The molecule has 0 aliphatic carbocycles. The van der Waals surface area contributed by atoms with Crippen molar-refractivity contribution in [1.29, 1.82) is 0 Å². The van der Waals surface area contributed by atoms with Gasteiger partial charge in [0.2, 0.25) is 5.95 Å². The van der Waals surface area contributed by atoms with E-state index in [4.69, 9.17) is 23.2 Å². The van der Waals surface area contributed by atoms with Crippen LogP contribution < -0.4 is 5.32 Å². The molecule has 0 spiro atoms. The van der Waals surface area contributed by atoms with Gasteiger partial charge in [-0.3, -0.25) is 0 Å². The minimum atomic E-state index is -4.36. The predicted molar refractivity (Wildman–Crippen MR) is 87.9 cm³/mol. The largest absolute Gasteiger partial charge is 0.416 e. The lowest BCUT2D eigenvalue weighted by Crippen LogP contribution is -2.09. The summed E-state index contributed by atoms with van der Waals surface area (Å²) < 4.78 is 39.1. The quantitative estimate of drug-likeness (QED) is 0.710. The highest BCUT2D eigenvalue weighted by Gasteiger charge is 2.29. The Balaban J connectivity index is 1.77. The SMILES string of the molecule is FC(F)(F)c1ccc(CNc2nnnn2-c2cccc(Cl)c2Cl)cc1. The maximum absolute atomic E-state index is 12.6. The van der Waals surface area contributed by atoms with Crippen LogP contribution in [0.5, 0.6) is 0 Å². The summed E-state index contributed by atoms with van der Waals surface area (Å²) in [4.78, 5) is 0. The molecule has 0 fully saturated rings. The molecule has 0 unspecified atom stereocenters. The van der Waals surface area contributed by atoms with Crippen LogP contribution in [0.15, 0.2) is 42.5 Å². The molecule has 1 aromatic heterocycles. The van der Waals surface area contributed by atoms with Gasteiger partial charge in [-0.25, -0.2) is 0 Å². The van der Waals surface area contributed by atoms with Gasteiger partial charge in [0.25, 0.3) is 0 Å². The highest BCUT2D eigenvalue weighted by molar-refractivity contribution is 6.43. The smallest absolute Gasteiger partial charge is 0.349 e. The second-order valence-electron chi connectivity index (χ2n) is 5.04. The van der Waals surface area contributed by atoms with Gasteiger partial charge in [0.1, 0.15) is 0 Å². The third-order valence-electron chi connectivity index (χ3n) is 3.36. The highest BCUT2D eigenvalue weighted by atomic mass is 35.5.